The average molecular weight is 457 g/mol. The molecule has 0 radical (unpaired) electrons. The van der Waals surface area contributed by atoms with Gasteiger partial charge in [0.25, 0.3) is 11.8 Å². The van der Waals surface area contributed by atoms with Gasteiger partial charge in [-0.05, 0) is 80.3 Å². The lowest BCUT2D eigenvalue weighted by molar-refractivity contribution is -0.120. The monoisotopic (exact) mass is 456 g/mol. The first-order valence-electron chi connectivity index (χ1n) is 11.4. The minimum absolute atomic E-state index is 0.0223. The molecule has 3 aromatic rings. The fraction of sp³-hybridized carbons (Fsp3) is 0.214. The van der Waals surface area contributed by atoms with Crippen LogP contribution in [0, 0.1) is 5.82 Å². The molecule has 3 aromatic carbocycles. The second-order valence-corrected chi connectivity index (χ2v) is 8.72. The Morgan fingerprint density at radius 3 is 2.29 bits per heavy atom. The van der Waals surface area contributed by atoms with E-state index in [1.807, 2.05) is 61.2 Å². The summed E-state index contributed by atoms with van der Waals surface area (Å²) in [5.74, 6) is -0.573. The van der Waals surface area contributed by atoms with Crippen molar-refractivity contribution >= 4 is 28.8 Å². The number of amides is 2. The highest BCUT2D eigenvalue weighted by atomic mass is 19.1. The van der Waals surface area contributed by atoms with Gasteiger partial charge in [-0.2, -0.15) is 0 Å². The van der Waals surface area contributed by atoms with Gasteiger partial charge in [0.1, 0.15) is 17.3 Å². The predicted octanol–water partition coefficient (Wildman–Crippen LogP) is 5.35. The molecule has 0 aromatic heterocycles. The minimum Gasteiger partial charge on any atom is -0.491 e. The molecule has 0 fully saturated rings. The van der Waals surface area contributed by atoms with Crippen LogP contribution in [0.3, 0.4) is 0 Å². The SMILES string of the molecule is CC(C)Oc1ccc(C2=C(N3CCCc4ccccc43)C(=O)N(c3ccc(F)cc3)C2=O)cc1. The Labute approximate surface area is 198 Å². The van der Waals surface area contributed by atoms with Gasteiger partial charge in [-0.1, -0.05) is 30.3 Å². The van der Waals surface area contributed by atoms with E-state index in [4.69, 9.17) is 4.74 Å². The highest BCUT2D eigenvalue weighted by molar-refractivity contribution is 6.46. The van der Waals surface area contributed by atoms with E-state index < -0.39 is 17.6 Å². The van der Waals surface area contributed by atoms with Crippen molar-refractivity contribution in [2.24, 2.45) is 0 Å². The van der Waals surface area contributed by atoms with Crippen LogP contribution in [0.1, 0.15) is 31.4 Å². The lowest BCUT2D eigenvalue weighted by atomic mass is 9.98. The van der Waals surface area contributed by atoms with Crippen LogP contribution in [0.5, 0.6) is 5.75 Å². The van der Waals surface area contributed by atoms with E-state index in [2.05, 4.69) is 6.07 Å². The number of para-hydroxylation sites is 1. The molecule has 2 aliphatic heterocycles. The average Bonchev–Trinajstić information content (AvgIpc) is 3.09. The van der Waals surface area contributed by atoms with E-state index in [9.17, 15) is 14.0 Å². The standard InChI is InChI=1S/C28H25FN2O3/c1-18(2)34-23-15-9-20(10-16-23)25-26(30-17-5-7-19-6-3-4-8-24(19)30)28(33)31(27(25)32)22-13-11-21(29)12-14-22/h3-4,6,8-16,18H,5,7,17H2,1-2H3. The van der Waals surface area contributed by atoms with Crippen molar-refractivity contribution in [3.05, 3.63) is 95.4 Å². The van der Waals surface area contributed by atoms with Gasteiger partial charge in [-0.25, -0.2) is 9.29 Å². The number of nitrogens with zero attached hydrogens (tertiary/aromatic N) is 2. The minimum atomic E-state index is -0.429. The molecule has 0 N–H and O–H groups in total. The molecular weight excluding hydrogens is 431 g/mol. The summed E-state index contributed by atoms with van der Waals surface area (Å²) < 4.78 is 19.3. The molecule has 0 saturated heterocycles. The topological polar surface area (TPSA) is 49.9 Å². The Bertz CT molecular complexity index is 1280. The van der Waals surface area contributed by atoms with E-state index in [-0.39, 0.29) is 6.10 Å². The number of anilines is 2. The van der Waals surface area contributed by atoms with Crippen molar-refractivity contribution in [2.45, 2.75) is 32.8 Å². The van der Waals surface area contributed by atoms with Gasteiger partial charge in [0.15, 0.2) is 0 Å². The van der Waals surface area contributed by atoms with Crippen LogP contribution in [0.15, 0.2) is 78.5 Å². The maximum absolute atomic E-state index is 13.8. The van der Waals surface area contributed by atoms with Gasteiger partial charge in [0, 0.05) is 12.2 Å². The third-order valence-electron chi connectivity index (χ3n) is 6.04. The number of fused-ring (bicyclic) bond motifs is 1. The molecule has 2 aliphatic rings. The maximum atomic E-state index is 13.8. The molecule has 0 saturated carbocycles. The number of benzene rings is 3. The fourth-order valence-electron chi connectivity index (χ4n) is 4.59. The van der Waals surface area contributed by atoms with Gasteiger partial charge in [-0.15, -0.1) is 0 Å². The molecule has 0 bridgehead atoms. The molecule has 0 spiro atoms. The van der Waals surface area contributed by atoms with Gasteiger partial charge in [-0.3, -0.25) is 9.59 Å². The number of hydrogen-bond donors (Lipinski definition) is 0. The molecule has 0 unspecified atom stereocenters. The van der Waals surface area contributed by atoms with Gasteiger partial charge < -0.3 is 9.64 Å². The third kappa shape index (κ3) is 3.85. The Morgan fingerprint density at radius 1 is 0.882 bits per heavy atom. The first-order chi connectivity index (χ1) is 16.4. The van der Waals surface area contributed by atoms with Crippen molar-refractivity contribution in [1.29, 1.82) is 0 Å². The van der Waals surface area contributed by atoms with Gasteiger partial charge >= 0.3 is 0 Å². The molecule has 6 heteroatoms. The summed E-state index contributed by atoms with van der Waals surface area (Å²) in [5, 5.41) is 0. The van der Waals surface area contributed by atoms with Gasteiger partial charge in [0.05, 0.1) is 17.4 Å². The largest absolute Gasteiger partial charge is 0.491 e. The lowest BCUT2D eigenvalue weighted by Gasteiger charge is -2.32. The number of carbonyl (C=O) groups is 2. The highest BCUT2D eigenvalue weighted by Crippen LogP contribution is 2.39. The summed E-state index contributed by atoms with van der Waals surface area (Å²) in [4.78, 5) is 30.6. The number of ether oxygens (including phenoxy) is 1. The van der Waals surface area contributed by atoms with Crippen molar-refractivity contribution < 1.29 is 18.7 Å². The Hall–Kier alpha value is -3.93. The summed E-state index contributed by atoms with van der Waals surface area (Å²) in [5.41, 5.74) is 3.73. The quantitative estimate of drug-likeness (QED) is 0.486. The zero-order valence-electron chi connectivity index (χ0n) is 19.1. The highest BCUT2D eigenvalue weighted by Gasteiger charge is 2.43. The van der Waals surface area contributed by atoms with Crippen LogP contribution in [0.2, 0.25) is 0 Å². The van der Waals surface area contributed by atoms with Crippen LogP contribution in [-0.2, 0) is 16.0 Å². The zero-order chi connectivity index (χ0) is 23.8. The van der Waals surface area contributed by atoms with Crippen molar-refractivity contribution in [3.63, 3.8) is 0 Å². The normalized spacial score (nSPS) is 15.9. The number of hydrogen-bond acceptors (Lipinski definition) is 4. The van der Waals surface area contributed by atoms with Crippen molar-refractivity contribution in [1.82, 2.24) is 0 Å². The Morgan fingerprint density at radius 2 is 1.59 bits per heavy atom. The van der Waals surface area contributed by atoms with Crippen LogP contribution < -0.4 is 14.5 Å². The first kappa shape index (κ1) is 21.9. The summed E-state index contributed by atoms with van der Waals surface area (Å²) >= 11 is 0. The number of carbonyl (C=O) groups excluding carboxylic acids is 2. The second-order valence-electron chi connectivity index (χ2n) is 8.72. The molecule has 34 heavy (non-hydrogen) atoms. The summed E-state index contributed by atoms with van der Waals surface area (Å²) in [6.07, 6.45) is 1.81. The molecule has 0 atom stereocenters. The van der Waals surface area contributed by atoms with E-state index in [0.29, 0.717) is 34.8 Å². The van der Waals surface area contributed by atoms with Crippen molar-refractivity contribution in [3.8, 4) is 5.75 Å². The zero-order valence-corrected chi connectivity index (χ0v) is 19.1. The first-order valence-corrected chi connectivity index (χ1v) is 11.4. The smallest absolute Gasteiger partial charge is 0.282 e. The molecule has 5 nitrogen and oxygen atoms in total. The molecule has 5 rings (SSSR count). The molecule has 2 heterocycles. The lowest BCUT2D eigenvalue weighted by Crippen LogP contribution is -2.37. The number of rotatable bonds is 5. The number of aryl methyl sites for hydroxylation is 1. The van der Waals surface area contributed by atoms with Crippen LogP contribution in [-0.4, -0.2) is 24.5 Å². The van der Waals surface area contributed by atoms with E-state index >= 15 is 0 Å². The summed E-state index contributed by atoms with van der Waals surface area (Å²) in [6.45, 7) is 4.52. The van der Waals surface area contributed by atoms with Crippen LogP contribution in [0.25, 0.3) is 5.57 Å². The molecule has 0 aliphatic carbocycles. The summed E-state index contributed by atoms with van der Waals surface area (Å²) in [6, 6.07) is 20.6. The van der Waals surface area contributed by atoms with Crippen molar-refractivity contribution in [2.75, 3.05) is 16.3 Å². The molecule has 2 amide bonds. The van der Waals surface area contributed by atoms with E-state index in [1.54, 1.807) is 0 Å². The third-order valence-corrected chi connectivity index (χ3v) is 6.04. The maximum Gasteiger partial charge on any atom is 0.282 e. The van der Waals surface area contributed by atoms with E-state index in [1.165, 1.54) is 24.3 Å². The van der Waals surface area contributed by atoms with Crippen LogP contribution >= 0.6 is 0 Å². The Balaban J connectivity index is 1.64. The Kier molecular flexibility index (Phi) is 5.65. The molecule has 172 valence electrons. The fourth-order valence-corrected chi connectivity index (χ4v) is 4.59. The van der Waals surface area contributed by atoms with E-state index in [0.717, 1.165) is 29.0 Å². The second kappa shape index (κ2) is 8.78. The molecular formula is C28H25FN2O3. The predicted molar refractivity (Wildman–Crippen MR) is 130 cm³/mol. The van der Waals surface area contributed by atoms with Gasteiger partial charge in [0.2, 0.25) is 0 Å². The number of imide groups is 1. The van der Waals surface area contributed by atoms with Crippen LogP contribution in [0.4, 0.5) is 15.8 Å². The summed E-state index contributed by atoms with van der Waals surface area (Å²) in [7, 11) is 0. The number of halogens is 1.